The van der Waals surface area contributed by atoms with Crippen molar-refractivity contribution in [1.29, 1.82) is 0 Å². The molecule has 3 nitrogen and oxygen atoms in total. The van der Waals surface area contributed by atoms with Crippen molar-refractivity contribution in [3.05, 3.63) is 176 Å². The van der Waals surface area contributed by atoms with Gasteiger partial charge in [-0.05, 0) is 90.3 Å². The van der Waals surface area contributed by atoms with Crippen molar-refractivity contribution >= 4 is 60.5 Å². The number of benzene rings is 7. The molecule has 7 aromatic carbocycles. The molecular formula is C42H29N3. The van der Waals surface area contributed by atoms with Gasteiger partial charge in [0.2, 0.25) is 0 Å². The largest absolute Gasteiger partial charge is 0.317 e. The van der Waals surface area contributed by atoms with Gasteiger partial charge in [-0.25, -0.2) is 0 Å². The minimum Gasteiger partial charge on any atom is -0.317 e. The molecule has 0 aliphatic rings. The quantitative estimate of drug-likeness (QED) is 0.199. The molecule has 9 aromatic rings. The number of anilines is 3. The number of fused-ring (bicyclic) bond motifs is 6. The summed E-state index contributed by atoms with van der Waals surface area (Å²) in [7, 11) is 0. The first-order valence-electron chi connectivity index (χ1n) is 15.4. The highest BCUT2D eigenvalue weighted by Gasteiger charge is 2.17. The number of aromatic nitrogens is 2. The van der Waals surface area contributed by atoms with E-state index in [1.54, 1.807) is 0 Å². The van der Waals surface area contributed by atoms with Crippen LogP contribution in [0.25, 0.3) is 54.9 Å². The second-order valence-electron chi connectivity index (χ2n) is 11.5. The monoisotopic (exact) mass is 575 g/mol. The van der Waals surface area contributed by atoms with Crippen molar-refractivity contribution in [2.75, 3.05) is 4.90 Å². The van der Waals surface area contributed by atoms with Crippen molar-refractivity contribution in [2.45, 2.75) is 0 Å². The Morgan fingerprint density at radius 1 is 0.378 bits per heavy atom. The van der Waals surface area contributed by atoms with Gasteiger partial charge in [0.05, 0.1) is 16.6 Å². The van der Waals surface area contributed by atoms with Gasteiger partial charge in [-0.15, -0.1) is 0 Å². The van der Waals surface area contributed by atoms with Crippen LogP contribution < -0.4 is 4.90 Å². The van der Waals surface area contributed by atoms with Crippen LogP contribution in [0.15, 0.2) is 176 Å². The number of para-hydroxylation sites is 4. The standard InChI is InChI=1S/C42H29N3/c1-4-12-32(13-5-1)43-27-26-31-28-39-30(29-41(31)43)20-25-38-37-18-10-11-19-40(37)45(42(38)39)36-23-21-35(22-24-36)44(33-14-6-2-7-15-33)34-16-8-3-9-17-34/h1-29H. The topological polar surface area (TPSA) is 13.1 Å². The summed E-state index contributed by atoms with van der Waals surface area (Å²) < 4.78 is 4.71. The Kier molecular flexibility index (Phi) is 5.82. The molecule has 0 bridgehead atoms. The summed E-state index contributed by atoms with van der Waals surface area (Å²) in [5, 5.41) is 6.23. The second-order valence-corrected chi connectivity index (χ2v) is 11.5. The lowest BCUT2D eigenvalue weighted by atomic mass is 10.0. The predicted molar refractivity (Wildman–Crippen MR) is 190 cm³/mol. The zero-order valence-corrected chi connectivity index (χ0v) is 24.6. The number of nitrogens with zero attached hydrogens (tertiary/aromatic N) is 3. The Labute approximate surface area is 261 Å². The summed E-state index contributed by atoms with van der Waals surface area (Å²) in [6.45, 7) is 0. The number of rotatable bonds is 5. The van der Waals surface area contributed by atoms with E-state index in [0.29, 0.717) is 0 Å². The van der Waals surface area contributed by atoms with Crippen LogP contribution in [-0.4, -0.2) is 9.13 Å². The minimum absolute atomic E-state index is 1.12. The minimum atomic E-state index is 1.12. The first-order valence-corrected chi connectivity index (χ1v) is 15.4. The highest BCUT2D eigenvalue weighted by atomic mass is 15.1. The van der Waals surface area contributed by atoms with Crippen LogP contribution in [-0.2, 0) is 0 Å². The lowest BCUT2D eigenvalue weighted by Gasteiger charge is -2.25. The average Bonchev–Trinajstić information content (AvgIpc) is 3.68. The third-order valence-corrected chi connectivity index (χ3v) is 8.89. The molecule has 0 N–H and O–H groups in total. The average molecular weight is 576 g/mol. The summed E-state index contributed by atoms with van der Waals surface area (Å²) in [6, 6.07) is 60.9. The van der Waals surface area contributed by atoms with E-state index in [0.717, 1.165) is 22.7 Å². The molecule has 0 aliphatic carbocycles. The van der Waals surface area contributed by atoms with E-state index in [4.69, 9.17) is 0 Å². The van der Waals surface area contributed by atoms with E-state index in [9.17, 15) is 0 Å². The Bertz CT molecular complexity index is 2420. The summed E-state index contributed by atoms with van der Waals surface area (Å²) in [5.41, 5.74) is 9.34. The molecule has 45 heavy (non-hydrogen) atoms. The van der Waals surface area contributed by atoms with Gasteiger partial charge in [-0.2, -0.15) is 0 Å². The molecule has 0 saturated carbocycles. The van der Waals surface area contributed by atoms with Crippen LogP contribution in [0.4, 0.5) is 17.1 Å². The summed E-state index contributed by atoms with van der Waals surface area (Å²) in [5.74, 6) is 0. The molecular weight excluding hydrogens is 546 g/mol. The molecule has 212 valence electrons. The fourth-order valence-electron chi connectivity index (χ4n) is 6.85. The van der Waals surface area contributed by atoms with Crippen molar-refractivity contribution in [3.8, 4) is 11.4 Å². The van der Waals surface area contributed by atoms with E-state index in [1.807, 2.05) is 0 Å². The van der Waals surface area contributed by atoms with Gasteiger partial charge in [-0.1, -0.05) is 84.9 Å². The normalized spacial score (nSPS) is 11.6. The van der Waals surface area contributed by atoms with Gasteiger partial charge in [0.15, 0.2) is 0 Å². The lowest BCUT2D eigenvalue weighted by Crippen LogP contribution is -2.09. The zero-order chi connectivity index (χ0) is 29.7. The van der Waals surface area contributed by atoms with Gasteiger partial charge in [0.1, 0.15) is 0 Å². The number of hydrogen-bond donors (Lipinski definition) is 0. The third kappa shape index (κ3) is 4.13. The molecule has 0 radical (unpaired) electrons. The maximum absolute atomic E-state index is 2.44. The van der Waals surface area contributed by atoms with Crippen molar-refractivity contribution in [2.24, 2.45) is 0 Å². The SMILES string of the molecule is c1ccc(N(c2ccccc2)c2ccc(-n3c4ccccc4c4ccc5cc6c(ccn6-c6ccccc6)cc5c43)cc2)cc1. The first-order chi connectivity index (χ1) is 22.3. The van der Waals surface area contributed by atoms with Gasteiger partial charge in [0.25, 0.3) is 0 Å². The number of hydrogen-bond acceptors (Lipinski definition) is 1. The van der Waals surface area contributed by atoms with Crippen LogP contribution in [0, 0.1) is 0 Å². The highest BCUT2D eigenvalue weighted by molar-refractivity contribution is 6.20. The third-order valence-electron chi connectivity index (χ3n) is 8.89. The zero-order valence-electron chi connectivity index (χ0n) is 24.6. The van der Waals surface area contributed by atoms with Crippen LogP contribution >= 0.6 is 0 Å². The van der Waals surface area contributed by atoms with Crippen LogP contribution in [0.2, 0.25) is 0 Å². The molecule has 2 heterocycles. The van der Waals surface area contributed by atoms with Gasteiger partial charge in [0, 0.05) is 56.2 Å². The van der Waals surface area contributed by atoms with Crippen LogP contribution in [0.3, 0.4) is 0 Å². The van der Waals surface area contributed by atoms with Gasteiger partial charge >= 0.3 is 0 Å². The Hall–Kier alpha value is -6.06. The maximum Gasteiger partial charge on any atom is 0.0619 e. The van der Waals surface area contributed by atoms with E-state index in [2.05, 4.69) is 190 Å². The first kappa shape index (κ1) is 25.4. The van der Waals surface area contributed by atoms with Crippen LogP contribution in [0.5, 0.6) is 0 Å². The molecule has 0 fully saturated rings. The molecule has 0 unspecified atom stereocenters. The molecule has 2 aromatic heterocycles. The summed E-state index contributed by atoms with van der Waals surface area (Å²) >= 11 is 0. The summed E-state index contributed by atoms with van der Waals surface area (Å²) in [6.07, 6.45) is 2.18. The fraction of sp³-hybridized carbons (Fsp3) is 0. The van der Waals surface area contributed by atoms with Crippen molar-refractivity contribution in [3.63, 3.8) is 0 Å². The second kappa shape index (κ2) is 10.3. The van der Waals surface area contributed by atoms with E-state index >= 15 is 0 Å². The Morgan fingerprint density at radius 2 is 1.00 bits per heavy atom. The molecule has 0 amide bonds. The molecule has 0 atom stereocenters. The molecule has 0 aliphatic heterocycles. The summed E-state index contributed by atoms with van der Waals surface area (Å²) in [4.78, 5) is 2.30. The maximum atomic E-state index is 2.44. The smallest absolute Gasteiger partial charge is 0.0619 e. The van der Waals surface area contributed by atoms with E-state index in [1.165, 1.54) is 49.2 Å². The fourth-order valence-corrected chi connectivity index (χ4v) is 6.85. The molecule has 9 rings (SSSR count). The van der Waals surface area contributed by atoms with Gasteiger partial charge in [-0.3, -0.25) is 0 Å². The van der Waals surface area contributed by atoms with E-state index < -0.39 is 0 Å². The molecule has 0 saturated heterocycles. The Morgan fingerprint density at radius 3 is 1.71 bits per heavy atom. The molecule has 3 heteroatoms. The predicted octanol–water partition coefficient (Wildman–Crippen LogP) is 11.4. The van der Waals surface area contributed by atoms with Crippen LogP contribution in [0.1, 0.15) is 0 Å². The lowest BCUT2D eigenvalue weighted by molar-refractivity contribution is 1.13. The molecule has 0 spiro atoms. The highest BCUT2D eigenvalue weighted by Crippen LogP contribution is 2.40. The van der Waals surface area contributed by atoms with E-state index in [-0.39, 0.29) is 0 Å². The van der Waals surface area contributed by atoms with Crippen molar-refractivity contribution in [1.82, 2.24) is 9.13 Å². The van der Waals surface area contributed by atoms with Gasteiger partial charge < -0.3 is 14.0 Å². The Balaban J connectivity index is 1.25. The van der Waals surface area contributed by atoms with Crippen molar-refractivity contribution < 1.29 is 0 Å².